The zero-order valence-corrected chi connectivity index (χ0v) is 13.1. The summed E-state index contributed by atoms with van der Waals surface area (Å²) in [6.07, 6.45) is 10.4. The van der Waals surface area contributed by atoms with Crippen molar-refractivity contribution in [1.82, 2.24) is 14.9 Å². The third-order valence-electron chi connectivity index (χ3n) is 5.70. The highest BCUT2D eigenvalue weighted by molar-refractivity contribution is 5.63. The molecule has 1 saturated carbocycles. The SMILES string of the molecule is c1cc(-c2cncc(OC3C4CC5CC3CN(C5)C4)c2)ccn1. The fourth-order valence-electron chi connectivity index (χ4n) is 4.90. The van der Waals surface area contributed by atoms with Crippen LogP contribution in [0.5, 0.6) is 5.75 Å². The first kappa shape index (κ1) is 13.5. The van der Waals surface area contributed by atoms with Crippen molar-refractivity contribution in [1.29, 1.82) is 0 Å². The van der Waals surface area contributed by atoms with E-state index in [1.54, 1.807) is 0 Å². The highest BCUT2D eigenvalue weighted by atomic mass is 16.5. The number of piperidine rings is 3. The Bertz CT molecular complexity index is 675. The van der Waals surface area contributed by atoms with Crippen molar-refractivity contribution < 1.29 is 4.74 Å². The molecule has 0 spiro atoms. The zero-order valence-electron chi connectivity index (χ0n) is 13.1. The summed E-state index contributed by atoms with van der Waals surface area (Å²) in [5.74, 6) is 3.22. The van der Waals surface area contributed by atoms with Crippen molar-refractivity contribution in [2.45, 2.75) is 18.9 Å². The van der Waals surface area contributed by atoms with Crippen LogP contribution in [0.15, 0.2) is 43.0 Å². The molecule has 23 heavy (non-hydrogen) atoms. The van der Waals surface area contributed by atoms with Gasteiger partial charge in [-0.3, -0.25) is 9.97 Å². The number of hydrogen-bond acceptors (Lipinski definition) is 4. The molecule has 0 N–H and O–H groups in total. The van der Waals surface area contributed by atoms with Crippen LogP contribution in [0, 0.1) is 17.8 Å². The maximum Gasteiger partial charge on any atom is 0.138 e. The van der Waals surface area contributed by atoms with Gasteiger partial charge in [-0.05, 0) is 42.5 Å². The largest absolute Gasteiger partial charge is 0.488 e. The maximum absolute atomic E-state index is 6.45. The van der Waals surface area contributed by atoms with Gasteiger partial charge in [-0.15, -0.1) is 0 Å². The monoisotopic (exact) mass is 307 g/mol. The van der Waals surface area contributed by atoms with E-state index in [0.717, 1.165) is 22.8 Å². The fraction of sp³-hybridized carbons (Fsp3) is 0.474. The molecule has 4 fully saturated rings. The van der Waals surface area contributed by atoms with Crippen molar-refractivity contribution in [3.63, 3.8) is 0 Å². The van der Waals surface area contributed by atoms with Crippen LogP contribution in [-0.4, -0.2) is 40.6 Å². The highest BCUT2D eigenvalue weighted by Crippen LogP contribution is 2.45. The molecule has 4 aliphatic rings. The lowest BCUT2D eigenvalue weighted by atomic mass is 9.66. The van der Waals surface area contributed by atoms with E-state index in [1.807, 2.05) is 36.9 Å². The summed E-state index contributed by atoms with van der Waals surface area (Å²) in [5, 5.41) is 0. The number of ether oxygens (including phenoxy) is 1. The predicted molar refractivity (Wildman–Crippen MR) is 88.0 cm³/mol. The molecule has 2 unspecified atom stereocenters. The molecule has 3 saturated heterocycles. The summed E-state index contributed by atoms with van der Waals surface area (Å²) in [6.45, 7) is 3.75. The molecule has 1 aliphatic carbocycles. The first-order valence-corrected chi connectivity index (χ1v) is 8.59. The minimum Gasteiger partial charge on any atom is -0.488 e. The second kappa shape index (κ2) is 5.31. The number of nitrogens with zero attached hydrogens (tertiary/aromatic N) is 3. The lowest BCUT2D eigenvalue weighted by Crippen LogP contribution is -2.61. The molecule has 0 aromatic carbocycles. The summed E-state index contributed by atoms with van der Waals surface area (Å²) in [5.41, 5.74) is 2.23. The normalized spacial score (nSPS) is 34.5. The van der Waals surface area contributed by atoms with Crippen molar-refractivity contribution >= 4 is 0 Å². The smallest absolute Gasteiger partial charge is 0.138 e. The number of pyridine rings is 2. The van der Waals surface area contributed by atoms with Gasteiger partial charge in [0.25, 0.3) is 0 Å². The van der Waals surface area contributed by atoms with Gasteiger partial charge in [0, 0.05) is 55.6 Å². The summed E-state index contributed by atoms with van der Waals surface area (Å²) in [6, 6.07) is 6.14. The van der Waals surface area contributed by atoms with Gasteiger partial charge in [-0.25, -0.2) is 0 Å². The average Bonchev–Trinajstić information content (AvgIpc) is 2.59. The summed E-state index contributed by atoms with van der Waals surface area (Å²) in [4.78, 5) is 11.1. The number of aromatic nitrogens is 2. The molecule has 118 valence electrons. The lowest BCUT2D eigenvalue weighted by Gasteiger charge is -2.55. The number of hydrogen-bond donors (Lipinski definition) is 0. The molecule has 0 amide bonds. The molecule has 5 heterocycles. The fourth-order valence-corrected chi connectivity index (χ4v) is 4.90. The molecular formula is C19H21N3O. The third kappa shape index (κ3) is 2.41. The van der Waals surface area contributed by atoms with E-state index in [2.05, 4.69) is 20.9 Å². The molecule has 2 aromatic rings. The van der Waals surface area contributed by atoms with Gasteiger partial charge in [0.1, 0.15) is 11.9 Å². The summed E-state index contributed by atoms with van der Waals surface area (Å²) < 4.78 is 6.45. The molecule has 2 aromatic heterocycles. The average molecular weight is 307 g/mol. The molecule has 3 aliphatic heterocycles. The van der Waals surface area contributed by atoms with Crippen molar-refractivity contribution in [3.8, 4) is 16.9 Å². The minimum absolute atomic E-state index is 0.372. The molecule has 4 nitrogen and oxygen atoms in total. The van der Waals surface area contributed by atoms with Crippen LogP contribution < -0.4 is 4.74 Å². The second-order valence-electron chi connectivity index (χ2n) is 7.30. The molecular weight excluding hydrogens is 286 g/mol. The van der Waals surface area contributed by atoms with Crippen molar-refractivity contribution in [3.05, 3.63) is 43.0 Å². The zero-order chi connectivity index (χ0) is 15.2. The van der Waals surface area contributed by atoms with Crippen LogP contribution in [0.2, 0.25) is 0 Å². The molecule has 2 atom stereocenters. The van der Waals surface area contributed by atoms with Gasteiger partial charge in [0.05, 0.1) is 6.20 Å². The number of rotatable bonds is 3. The van der Waals surface area contributed by atoms with Gasteiger partial charge >= 0.3 is 0 Å². The van der Waals surface area contributed by atoms with Crippen LogP contribution in [0.25, 0.3) is 11.1 Å². The first-order valence-electron chi connectivity index (χ1n) is 8.59. The van der Waals surface area contributed by atoms with E-state index in [1.165, 1.54) is 32.5 Å². The Morgan fingerprint density at radius 2 is 1.70 bits per heavy atom. The minimum atomic E-state index is 0.372. The van der Waals surface area contributed by atoms with Crippen LogP contribution in [0.1, 0.15) is 12.8 Å². The molecule has 0 radical (unpaired) electrons. The van der Waals surface area contributed by atoms with E-state index in [9.17, 15) is 0 Å². The first-order chi connectivity index (χ1) is 11.3. The Balaban J connectivity index is 1.39. The Kier molecular flexibility index (Phi) is 3.11. The van der Waals surface area contributed by atoms with E-state index in [4.69, 9.17) is 4.74 Å². The van der Waals surface area contributed by atoms with Gasteiger partial charge < -0.3 is 9.64 Å². The van der Waals surface area contributed by atoms with Crippen LogP contribution >= 0.6 is 0 Å². The van der Waals surface area contributed by atoms with Gasteiger partial charge in [-0.1, -0.05) is 0 Å². The molecule has 4 heteroatoms. The van der Waals surface area contributed by atoms with E-state index >= 15 is 0 Å². The third-order valence-corrected chi connectivity index (χ3v) is 5.70. The van der Waals surface area contributed by atoms with Gasteiger partial charge in [-0.2, -0.15) is 0 Å². The van der Waals surface area contributed by atoms with Crippen molar-refractivity contribution in [2.24, 2.45) is 17.8 Å². The Labute approximate surface area is 136 Å². The van der Waals surface area contributed by atoms with Crippen molar-refractivity contribution in [2.75, 3.05) is 19.6 Å². The topological polar surface area (TPSA) is 38.2 Å². The van der Waals surface area contributed by atoms with Gasteiger partial charge in [0.15, 0.2) is 0 Å². The quantitative estimate of drug-likeness (QED) is 0.874. The summed E-state index contributed by atoms with van der Waals surface area (Å²) >= 11 is 0. The van der Waals surface area contributed by atoms with E-state index in [0.29, 0.717) is 17.9 Å². The predicted octanol–water partition coefficient (Wildman–Crippen LogP) is 2.86. The Morgan fingerprint density at radius 3 is 2.43 bits per heavy atom. The maximum atomic E-state index is 6.45. The molecule has 6 rings (SSSR count). The van der Waals surface area contributed by atoms with Crippen LogP contribution in [0.3, 0.4) is 0 Å². The van der Waals surface area contributed by atoms with Crippen LogP contribution in [0.4, 0.5) is 0 Å². The Hall–Kier alpha value is -1.94. The van der Waals surface area contributed by atoms with Crippen LogP contribution in [-0.2, 0) is 0 Å². The Morgan fingerprint density at radius 1 is 0.913 bits per heavy atom. The molecule has 4 bridgehead atoms. The van der Waals surface area contributed by atoms with Gasteiger partial charge in [0.2, 0.25) is 0 Å². The summed E-state index contributed by atoms with van der Waals surface area (Å²) in [7, 11) is 0. The highest BCUT2D eigenvalue weighted by Gasteiger charge is 2.48. The lowest BCUT2D eigenvalue weighted by molar-refractivity contribution is -0.0985. The second-order valence-corrected chi connectivity index (χ2v) is 7.30. The van der Waals surface area contributed by atoms with E-state index in [-0.39, 0.29) is 0 Å². The standard InChI is InChI=1S/C19H21N3O/c1-3-20-4-2-14(1)15-7-18(9-21-8-15)23-19-16-5-13-6-17(19)12-22(10-13)11-16/h1-4,7-9,13,16-17,19H,5-6,10-12H2. The van der Waals surface area contributed by atoms with E-state index < -0.39 is 0 Å².